The molecule has 0 spiro atoms. The number of hydrogen-bond acceptors (Lipinski definition) is 1. The highest BCUT2D eigenvalue weighted by molar-refractivity contribution is 5.66. The van der Waals surface area contributed by atoms with Crippen LogP contribution in [0.3, 0.4) is 0 Å². The average Bonchev–Trinajstić information content (AvgIpc) is 2.25. The van der Waals surface area contributed by atoms with Crippen LogP contribution in [0.1, 0.15) is 11.3 Å². The molecule has 4 heteroatoms. The topological polar surface area (TPSA) is 12.9 Å². The predicted molar refractivity (Wildman–Crippen MR) is 59.0 cm³/mol. The predicted octanol–water partition coefficient (Wildman–Crippen LogP) is 3.78. The van der Waals surface area contributed by atoms with Crippen LogP contribution in [-0.4, -0.2) is 4.98 Å². The third kappa shape index (κ3) is 2.16. The van der Waals surface area contributed by atoms with Gasteiger partial charge in [-0.1, -0.05) is 0 Å². The summed E-state index contributed by atoms with van der Waals surface area (Å²) in [6, 6.07) is 3.74. The minimum Gasteiger partial charge on any atom is -0.261 e. The Kier molecular flexibility index (Phi) is 2.88. The van der Waals surface area contributed by atoms with E-state index < -0.39 is 17.5 Å². The van der Waals surface area contributed by atoms with Crippen LogP contribution >= 0.6 is 0 Å². The number of pyridine rings is 1. The third-order valence-electron chi connectivity index (χ3n) is 2.54. The number of benzene rings is 1. The molecule has 0 atom stereocenters. The van der Waals surface area contributed by atoms with Crippen molar-refractivity contribution in [3.8, 4) is 11.1 Å². The maximum Gasteiger partial charge on any atom is 0.194 e. The van der Waals surface area contributed by atoms with E-state index in [2.05, 4.69) is 4.98 Å². The normalized spacial score (nSPS) is 10.6. The zero-order valence-electron chi connectivity index (χ0n) is 9.39. The molecule has 0 aliphatic carbocycles. The Morgan fingerprint density at radius 3 is 2.06 bits per heavy atom. The maximum absolute atomic E-state index is 13.1. The van der Waals surface area contributed by atoms with Crippen molar-refractivity contribution in [2.75, 3.05) is 0 Å². The molecule has 1 nitrogen and oxygen atoms in total. The summed E-state index contributed by atoms with van der Waals surface area (Å²) in [7, 11) is 0. The fourth-order valence-corrected chi connectivity index (χ4v) is 1.71. The van der Waals surface area contributed by atoms with Gasteiger partial charge in [0, 0.05) is 17.5 Å². The van der Waals surface area contributed by atoms with E-state index in [9.17, 15) is 13.2 Å². The van der Waals surface area contributed by atoms with E-state index >= 15 is 0 Å². The summed E-state index contributed by atoms with van der Waals surface area (Å²) in [5.41, 5.74) is 2.53. The van der Waals surface area contributed by atoms with Gasteiger partial charge in [0.25, 0.3) is 0 Å². The van der Waals surface area contributed by atoms with Gasteiger partial charge in [0.05, 0.1) is 0 Å². The van der Waals surface area contributed by atoms with Gasteiger partial charge in [-0.2, -0.15) is 0 Å². The van der Waals surface area contributed by atoms with Crippen molar-refractivity contribution in [3.63, 3.8) is 0 Å². The van der Waals surface area contributed by atoms with Crippen molar-refractivity contribution in [1.82, 2.24) is 4.98 Å². The first-order valence-corrected chi connectivity index (χ1v) is 5.07. The second-order valence-electron chi connectivity index (χ2n) is 3.89. The van der Waals surface area contributed by atoms with Gasteiger partial charge in [-0.05, 0) is 43.2 Å². The molecule has 0 fully saturated rings. The van der Waals surface area contributed by atoms with Crippen LogP contribution in [0.15, 0.2) is 24.4 Å². The van der Waals surface area contributed by atoms with E-state index in [1.165, 1.54) is 6.20 Å². The number of halogens is 3. The Bertz CT molecular complexity index is 556. The smallest absolute Gasteiger partial charge is 0.194 e. The molecule has 0 saturated carbocycles. The Hall–Kier alpha value is -1.84. The van der Waals surface area contributed by atoms with Gasteiger partial charge in [-0.15, -0.1) is 0 Å². The molecule has 88 valence electrons. The highest BCUT2D eigenvalue weighted by atomic mass is 19.2. The number of nitrogens with zero attached hydrogens (tertiary/aromatic N) is 1. The molecule has 0 aliphatic rings. The molecule has 1 aromatic carbocycles. The average molecular weight is 237 g/mol. The molecule has 2 aromatic rings. The highest BCUT2D eigenvalue weighted by Gasteiger charge is 2.12. The molecule has 0 amide bonds. The number of aryl methyl sites for hydroxylation is 2. The summed E-state index contributed by atoms with van der Waals surface area (Å²) >= 11 is 0. The van der Waals surface area contributed by atoms with E-state index in [-0.39, 0.29) is 5.56 Å². The quantitative estimate of drug-likeness (QED) is 0.688. The highest BCUT2D eigenvalue weighted by Crippen LogP contribution is 2.26. The SMILES string of the molecule is Cc1cc(C)c(-c2cc(F)c(F)c(F)c2)cn1. The zero-order chi connectivity index (χ0) is 12.6. The van der Waals surface area contributed by atoms with Crippen LogP contribution < -0.4 is 0 Å². The monoisotopic (exact) mass is 237 g/mol. The summed E-state index contributed by atoms with van der Waals surface area (Å²) in [6.45, 7) is 3.63. The molecule has 0 unspecified atom stereocenters. The van der Waals surface area contributed by atoms with Crippen LogP contribution in [0.25, 0.3) is 11.1 Å². The largest absolute Gasteiger partial charge is 0.261 e. The molecule has 0 saturated heterocycles. The lowest BCUT2D eigenvalue weighted by molar-refractivity contribution is 0.447. The first-order valence-electron chi connectivity index (χ1n) is 5.07. The van der Waals surface area contributed by atoms with Gasteiger partial charge < -0.3 is 0 Å². The summed E-state index contributed by atoms with van der Waals surface area (Å²) in [6.07, 6.45) is 1.52. The fraction of sp³-hybridized carbons (Fsp3) is 0.154. The van der Waals surface area contributed by atoms with E-state index in [0.29, 0.717) is 5.56 Å². The molecule has 1 aromatic heterocycles. The molecular formula is C13H10F3N. The standard InChI is InChI=1S/C13H10F3N/c1-7-3-8(2)17-6-10(7)9-4-11(14)13(16)12(15)5-9/h3-6H,1-2H3. The van der Waals surface area contributed by atoms with Crippen molar-refractivity contribution >= 4 is 0 Å². The number of hydrogen-bond donors (Lipinski definition) is 0. The van der Waals surface area contributed by atoms with Gasteiger partial charge in [0.1, 0.15) is 0 Å². The molecule has 0 radical (unpaired) electrons. The van der Waals surface area contributed by atoms with Gasteiger partial charge in [0.2, 0.25) is 0 Å². The molecule has 0 aliphatic heterocycles. The second kappa shape index (κ2) is 4.20. The summed E-state index contributed by atoms with van der Waals surface area (Å²) in [5, 5.41) is 0. The summed E-state index contributed by atoms with van der Waals surface area (Å²) < 4.78 is 39.0. The fourth-order valence-electron chi connectivity index (χ4n) is 1.71. The Morgan fingerprint density at radius 1 is 0.941 bits per heavy atom. The lowest BCUT2D eigenvalue weighted by Crippen LogP contribution is -1.94. The van der Waals surface area contributed by atoms with E-state index in [1.807, 2.05) is 13.8 Å². The molecule has 0 bridgehead atoms. The van der Waals surface area contributed by atoms with Crippen molar-refractivity contribution in [2.24, 2.45) is 0 Å². The van der Waals surface area contributed by atoms with Gasteiger partial charge in [-0.25, -0.2) is 13.2 Å². The first-order chi connectivity index (χ1) is 7.99. The Labute approximate surface area is 96.9 Å². The minimum absolute atomic E-state index is 0.284. The first kappa shape index (κ1) is 11.6. The van der Waals surface area contributed by atoms with Crippen LogP contribution in [0, 0.1) is 31.3 Å². The van der Waals surface area contributed by atoms with Crippen LogP contribution in [0.5, 0.6) is 0 Å². The molecule has 1 heterocycles. The van der Waals surface area contributed by atoms with Crippen molar-refractivity contribution in [2.45, 2.75) is 13.8 Å². The van der Waals surface area contributed by atoms with Gasteiger partial charge >= 0.3 is 0 Å². The second-order valence-corrected chi connectivity index (χ2v) is 3.89. The molecule has 17 heavy (non-hydrogen) atoms. The lowest BCUT2D eigenvalue weighted by Gasteiger charge is -2.07. The Balaban J connectivity index is 2.61. The van der Waals surface area contributed by atoms with E-state index in [4.69, 9.17) is 0 Å². The van der Waals surface area contributed by atoms with E-state index in [1.54, 1.807) is 6.07 Å². The molecule has 2 rings (SSSR count). The van der Waals surface area contributed by atoms with Crippen LogP contribution in [0.2, 0.25) is 0 Å². The number of rotatable bonds is 1. The van der Waals surface area contributed by atoms with E-state index in [0.717, 1.165) is 23.4 Å². The van der Waals surface area contributed by atoms with Crippen molar-refractivity contribution in [3.05, 3.63) is 53.1 Å². The van der Waals surface area contributed by atoms with Gasteiger partial charge in [0.15, 0.2) is 17.5 Å². The Morgan fingerprint density at radius 2 is 1.53 bits per heavy atom. The van der Waals surface area contributed by atoms with Crippen molar-refractivity contribution in [1.29, 1.82) is 0 Å². The summed E-state index contributed by atoms with van der Waals surface area (Å²) in [5.74, 6) is -3.84. The van der Waals surface area contributed by atoms with Crippen molar-refractivity contribution < 1.29 is 13.2 Å². The van der Waals surface area contributed by atoms with Crippen LogP contribution in [0.4, 0.5) is 13.2 Å². The number of aromatic nitrogens is 1. The zero-order valence-corrected chi connectivity index (χ0v) is 9.39. The summed E-state index contributed by atoms with van der Waals surface area (Å²) in [4.78, 5) is 4.06. The maximum atomic E-state index is 13.1. The van der Waals surface area contributed by atoms with Gasteiger partial charge in [-0.3, -0.25) is 4.98 Å². The molecular weight excluding hydrogens is 227 g/mol. The minimum atomic E-state index is -1.45. The van der Waals surface area contributed by atoms with Crippen LogP contribution in [-0.2, 0) is 0 Å². The third-order valence-corrected chi connectivity index (χ3v) is 2.54. The molecule has 0 N–H and O–H groups in total. The lowest BCUT2D eigenvalue weighted by atomic mass is 10.0.